The summed E-state index contributed by atoms with van der Waals surface area (Å²) in [6, 6.07) is 17.0. The van der Waals surface area contributed by atoms with Crippen molar-refractivity contribution in [1.82, 2.24) is 0 Å². The van der Waals surface area contributed by atoms with Crippen molar-refractivity contribution in [2.75, 3.05) is 0 Å². The van der Waals surface area contributed by atoms with Crippen molar-refractivity contribution in [2.45, 2.75) is 47.5 Å². The van der Waals surface area contributed by atoms with Crippen LogP contribution in [0.15, 0.2) is 70.7 Å². The van der Waals surface area contributed by atoms with Crippen LogP contribution in [0.1, 0.15) is 49.4 Å². The second-order valence-electron chi connectivity index (χ2n) is 7.04. The van der Waals surface area contributed by atoms with E-state index in [1.165, 1.54) is 29.5 Å². The molecule has 0 heterocycles. The highest BCUT2D eigenvalue weighted by atomic mass is 14.9. The van der Waals surface area contributed by atoms with Gasteiger partial charge >= 0.3 is 0 Å². The number of nitrogens with zero attached hydrogens (tertiary/aromatic N) is 1. The third-order valence-corrected chi connectivity index (χ3v) is 4.20. The van der Waals surface area contributed by atoms with Crippen molar-refractivity contribution in [1.29, 1.82) is 5.41 Å². The molecule has 3 N–H and O–H groups in total. The Kier molecular flexibility index (Phi) is 10.3. The third-order valence-electron chi connectivity index (χ3n) is 4.20. The molecule has 148 valence electrons. The van der Waals surface area contributed by atoms with Gasteiger partial charge < -0.3 is 5.73 Å². The van der Waals surface area contributed by atoms with Gasteiger partial charge in [0, 0.05) is 5.57 Å². The van der Waals surface area contributed by atoms with Crippen LogP contribution in [0.5, 0.6) is 0 Å². The highest BCUT2D eigenvalue weighted by Gasteiger charge is 2.00. The zero-order chi connectivity index (χ0) is 20.9. The minimum absolute atomic E-state index is 0.369. The Morgan fingerprint density at radius 1 is 0.964 bits per heavy atom. The summed E-state index contributed by atoms with van der Waals surface area (Å²) in [5.74, 6) is 0.369. The molecule has 0 unspecified atom stereocenters. The van der Waals surface area contributed by atoms with Crippen molar-refractivity contribution in [3.63, 3.8) is 0 Å². The third kappa shape index (κ3) is 8.63. The van der Waals surface area contributed by atoms with Crippen LogP contribution in [0.4, 0.5) is 0 Å². The lowest BCUT2D eigenvalue weighted by Crippen LogP contribution is -2.14. The number of hydrogen-bond acceptors (Lipinski definition) is 1. The average Bonchev–Trinajstić information content (AvgIpc) is 2.66. The average molecular weight is 376 g/mol. The first-order valence-corrected chi connectivity index (χ1v) is 9.67. The predicted molar refractivity (Wildman–Crippen MR) is 124 cm³/mol. The summed E-state index contributed by atoms with van der Waals surface area (Å²) in [5, 5.41) is 6.95. The Morgan fingerprint density at radius 2 is 1.50 bits per heavy atom. The highest BCUT2D eigenvalue weighted by Crippen LogP contribution is 2.10. The smallest absolute Gasteiger partial charge is 0.132 e. The highest BCUT2D eigenvalue weighted by molar-refractivity contribution is 6.04. The number of benzene rings is 2. The number of aryl methyl sites for hydroxylation is 3. The van der Waals surface area contributed by atoms with Crippen LogP contribution in [-0.2, 0) is 6.42 Å². The van der Waals surface area contributed by atoms with Gasteiger partial charge in [0.2, 0.25) is 0 Å². The van der Waals surface area contributed by atoms with E-state index in [9.17, 15) is 0 Å². The Hall–Kier alpha value is -2.94. The van der Waals surface area contributed by atoms with Crippen LogP contribution in [0.2, 0.25) is 0 Å². The summed E-state index contributed by atoms with van der Waals surface area (Å²) in [7, 11) is 0. The van der Waals surface area contributed by atoms with E-state index in [1.807, 2.05) is 26.0 Å². The van der Waals surface area contributed by atoms with Gasteiger partial charge in [-0.05, 0) is 45.2 Å². The molecule has 0 saturated heterocycles. The van der Waals surface area contributed by atoms with Crippen molar-refractivity contribution in [3.05, 3.63) is 88.0 Å². The Labute approximate surface area is 170 Å². The second-order valence-corrected chi connectivity index (χ2v) is 7.04. The van der Waals surface area contributed by atoms with E-state index < -0.39 is 0 Å². The first-order valence-electron chi connectivity index (χ1n) is 9.67. The number of amidine groups is 1. The topological polar surface area (TPSA) is 62.2 Å². The van der Waals surface area contributed by atoms with E-state index in [2.05, 4.69) is 74.3 Å². The van der Waals surface area contributed by atoms with E-state index in [0.29, 0.717) is 5.84 Å². The van der Waals surface area contributed by atoms with Gasteiger partial charge in [-0.25, -0.2) is 4.99 Å². The van der Waals surface area contributed by atoms with Gasteiger partial charge in [0.15, 0.2) is 0 Å². The van der Waals surface area contributed by atoms with E-state index in [1.54, 1.807) is 0 Å². The maximum absolute atomic E-state index is 6.95. The normalized spacial score (nSPS) is 11.0. The first-order chi connectivity index (χ1) is 13.4. The van der Waals surface area contributed by atoms with Crippen LogP contribution in [0.3, 0.4) is 0 Å². The number of hydrogen-bond donors (Lipinski definition) is 2. The molecule has 2 aromatic carbocycles. The number of nitrogens with two attached hydrogens (primary N) is 1. The number of nitrogens with one attached hydrogen (secondary N) is 1. The van der Waals surface area contributed by atoms with Crippen molar-refractivity contribution in [2.24, 2.45) is 10.7 Å². The molecule has 0 radical (unpaired) electrons. The summed E-state index contributed by atoms with van der Waals surface area (Å²) in [4.78, 5) is 3.80. The summed E-state index contributed by atoms with van der Waals surface area (Å²) in [6.07, 6.45) is 7.33. The largest absolute Gasteiger partial charge is 0.383 e. The Balaban J connectivity index is 0.000000330. The zero-order valence-corrected chi connectivity index (χ0v) is 17.8. The first kappa shape index (κ1) is 23.1. The van der Waals surface area contributed by atoms with E-state index in [-0.39, 0.29) is 0 Å². The van der Waals surface area contributed by atoms with Gasteiger partial charge in [-0.1, -0.05) is 90.7 Å². The van der Waals surface area contributed by atoms with E-state index in [4.69, 9.17) is 11.1 Å². The Morgan fingerprint density at radius 3 is 1.96 bits per heavy atom. The van der Waals surface area contributed by atoms with Crippen LogP contribution in [-0.4, -0.2) is 12.2 Å². The van der Waals surface area contributed by atoms with Crippen LogP contribution >= 0.6 is 0 Å². The Bertz CT molecular complexity index is 819. The van der Waals surface area contributed by atoms with Crippen LogP contribution in [0, 0.1) is 19.3 Å². The van der Waals surface area contributed by atoms with Crippen molar-refractivity contribution >= 4 is 18.3 Å². The molecule has 3 nitrogen and oxygen atoms in total. The summed E-state index contributed by atoms with van der Waals surface area (Å²) >= 11 is 0. The van der Waals surface area contributed by atoms with Gasteiger partial charge in [0.1, 0.15) is 12.2 Å². The fourth-order valence-corrected chi connectivity index (χ4v) is 2.55. The van der Waals surface area contributed by atoms with Crippen LogP contribution < -0.4 is 5.73 Å². The van der Waals surface area contributed by atoms with Crippen molar-refractivity contribution in [3.8, 4) is 0 Å². The lowest BCUT2D eigenvalue weighted by Gasteiger charge is -2.03. The van der Waals surface area contributed by atoms with Gasteiger partial charge in [-0.3, -0.25) is 5.41 Å². The maximum Gasteiger partial charge on any atom is 0.132 e. The monoisotopic (exact) mass is 375 g/mol. The minimum atomic E-state index is 0.369. The molecule has 2 rings (SSSR count). The lowest BCUT2D eigenvalue weighted by atomic mass is 10.1. The van der Waals surface area contributed by atoms with Gasteiger partial charge in [-0.2, -0.15) is 0 Å². The second kappa shape index (κ2) is 12.4. The quantitative estimate of drug-likeness (QED) is 0.349. The van der Waals surface area contributed by atoms with Gasteiger partial charge in [0.25, 0.3) is 0 Å². The molecular weight excluding hydrogens is 342 g/mol. The SMILES string of the molecule is CC(C)=C(/C=C/c1ccc(C)cc1)C(N)=NC=N.CCCc1ccc(C)cc1. The molecule has 0 atom stereocenters. The van der Waals surface area contributed by atoms with Gasteiger partial charge in [0.05, 0.1) is 0 Å². The van der Waals surface area contributed by atoms with E-state index >= 15 is 0 Å². The molecule has 0 saturated carbocycles. The molecule has 3 heteroatoms. The fourth-order valence-electron chi connectivity index (χ4n) is 2.55. The fraction of sp³-hybridized carbons (Fsp3) is 0.280. The summed E-state index contributed by atoms with van der Waals surface area (Å²) in [5.41, 5.74) is 12.9. The zero-order valence-electron chi connectivity index (χ0n) is 17.8. The molecule has 0 aliphatic heterocycles. The number of rotatable bonds is 6. The molecule has 0 bridgehead atoms. The molecular formula is C25H33N3. The van der Waals surface area contributed by atoms with Crippen molar-refractivity contribution < 1.29 is 0 Å². The molecule has 28 heavy (non-hydrogen) atoms. The van der Waals surface area contributed by atoms with E-state index in [0.717, 1.165) is 23.0 Å². The number of aliphatic imine (C=N–C) groups is 1. The number of allylic oxidation sites excluding steroid dienone is 1. The lowest BCUT2D eigenvalue weighted by molar-refractivity contribution is 0.921. The molecule has 0 aromatic heterocycles. The molecule has 0 aliphatic rings. The summed E-state index contributed by atoms with van der Waals surface area (Å²) < 4.78 is 0. The molecule has 2 aromatic rings. The molecule has 0 amide bonds. The predicted octanol–water partition coefficient (Wildman–Crippen LogP) is 6.26. The minimum Gasteiger partial charge on any atom is -0.383 e. The molecule has 0 fully saturated rings. The maximum atomic E-state index is 6.95. The van der Waals surface area contributed by atoms with Gasteiger partial charge in [-0.15, -0.1) is 0 Å². The standard InChI is InChI=1S/C15H19N3.C10H14/c1-11(2)14(15(17)18-10-16)9-8-13-6-4-12(3)5-7-13;1-3-4-10-7-5-9(2)6-8-10/h4-10H,1-3H3,(H3,16,17,18);5-8H,3-4H2,1-2H3/b9-8+;. The van der Waals surface area contributed by atoms with Crippen LogP contribution in [0.25, 0.3) is 6.08 Å². The molecule has 0 spiro atoms. The molecule has 0 aliphatic carbocycles. The summed E-state index contributed by atoms with van der Waals surface area (Å²) in [6.45, 7) is 10.3.